The molecule has 0 aliphatic carbocycles. The molecule has 1 aromatic carbocycles. The minimum atomic E-state index is -0.862. The Hall–Kier alpha value is -0.970. The van der Waals surface area contributed by atoms with Crippen molar-refractivity contribution in [2.45, 2.75) is 13.0 Å². The Kier molecular flexibility index (Phi) is 3.23. The molecule has 0 bridgehead atoms. The van der Waals surface area contributed by atoms with Crippen LogP contribution in [0.4, 0.5) is 0 Å². The molecule has 0 amide bonds. The standard InChI is InChI=1S/C12H12BrNO2/c1-7-5-9-8(3-2-4-14-9)12(13)11(7)10(16)6-15/h2-5,10,15-16H,6H2,1H3. The summed E-state index contributed by atoms with van der Waals surface area (Å²) in [6, 6.07) is 5.69. The van der Waals surface area contributed by atoms with E-state index in [2.05, 4.69) is 20.9 Å². The fraction of sp³-hybridized carbons (Fsp3) is 0.250. The lowest BCUT2D eigenvalue weighted by Crippen LogP contribution is -2.06. The molecular weight excluding hydrogens is 270 g/mol. The third-order valence-electron chi connectivity index (χ3n) is 2.60. The number of benzene rings is 1. The number of hydrogen-bond donors (Lipinski definition) is 2. The van der Waals surface area contributed by atoms with Crippen molar-refractivity contribution in [2.24, 2.45) is 0 Å². The van der Waals surface area contributed by atoms with Crippen molar-refractivity contribution in [1.82, 2.24) is 4.98 Å². The monoisotopic (exact) mass is 281 g/mol. The van der Waals surface area contributed by atoms with Crippen molar-refractivity contribution in [2.75, 3.05) is 6.61 Å². The average molecular weight is 282 g/mol. The second-order valence-corrected chi connectivity index (χ2v) is 4.48. The first kappa shape index (κ1) is 11.5. The minimum absolute atomic E-state index is 0.286. The zero-order chi connectivity index (χ0) is 11.7. The minimum Gasteiger partial charge on any atom is -0.393 e. The van der Waals surface area contributed by atoms with Crippen LogP contribution in [0.15, 0.2) is 28.9 Å². The number of pyridine rings is 1. The number of aliphatic hydroxyl groups excluding tert-OH is 2. The maximum atomic E-state index is 9.75. The number of hydrogen-bond acceptors (Lipinski definition) is 3. The van der Waals surface area contributed by atoms with Gasteiger partial charge < -0.3 is 10.2 Å². The van der Waals surface area contributed by atoms with E-state index in [1.807, 2.05) is 25.1 Å². The first-order chi connectivity index (χ1) is 7.65. The molecule has 4 heteroatoms. The van der Waals surface area contributed by atoms with Crippen LogP contribution in [0, 0.1) is 6.92 Å². The van der Waals surface area contributed by atoms with Crippen molar-refractivity contribution in [3.05, 3.63) is 40.0 Å². The van der Waals surface area contributed by atoms with Gasteiger partial charge in [0.1, 0.15) is 6.10 Å². The summed E-state index contributed by atoms with van der Waals surface area (Å²) in [6.07, 6.45) is 0.870. The Balaban J connectivity index is 2.75. The highest BCUT2D eigenvalue weighted by molar-refractivity contribution is 9.10. The fourth-order valence-corrected chi connectivity index (χ4v) is 2.73. The molecule has 0 saturated heterocycles. The van der Waals surface area contributed by atoms with E-state index in [1.54, 1.807) is 6.20 Å². The van der Waals surface area contributed by atoms with Gasteiger partial charge in [-0.05, 0) is 40.5 Å². The Morgan fingerprint density at radius 2 is 2.25 bits per heavy atom. The number of aromatic nitrogens is 1. The van der Waals surface area contributed by atoms with Crippen LogP contribution in [-0.2, 0) is 0 Å². The first-order valence-electron chi connectivity index (χ1n) is 4.97. The molecule has 1 unspecified atom stereocenters. The van der Waals surface area contributed by atoms with Gasteiger partial charge in [0.25, 0.3) is 0 Å². The lowest BCUT2D eigenvalue weighted by atomic mass is 10.0. The molecule has 0 radical (unpaired) electrons. The van der Waals surface area contributed by atoms with Crippen LogP contribution < -0.4 is 0 Å². The maximum absolute atomic E-state index is 9.75. The van der Waals surface area contributed by atoms with Crippen molar-refractivity contribution >= 4 is 26.8 Å². The molecule has 0 saturated carbocycles. The Morgan fingerprint density at radius 1 is 1.50 bits per heavy atom. The molecular formula is C12H12BrNO2. The third-order valence-corrected chi connectivity index (χ3v) is 3.45. The summed E-state index contributed by atoms with van der Waals surface area (Å²) in [4.78, 5) is 4.26. The van der Waals surface area contributed by atoms with Crippen LogP contribution in [0.3, 0.4) is 0 Å². The van der Waals surface area contributed by atoms with Gasteiger partial charge in [-0.2, -0.15) is 0 Å². The van der Waals surface area contributed by atoms with Crippen LogP contribution in [-0.4, -0.2) is 21.8 Å². The summed E-state index contributed by atoms with van der Waals surface area (Å²) in [6.45, 7) is 1.61. The molecule has 1 heterocycles. The highest BCUT2D eigenvalue weighted by Crippen LogP contribution is 2.33. The van der Waals surface area contributed by atoms with Gasteiger partial charge in [-0.25, -0.2) is 0 Å². The van der Waals surface area contributed by atoms with Crippen LogP contribution >= 0.6 is 15.9 Å². The predicted molar refractivity (Wildman–Crippen MR) is 66.2 cm³/mol. The molecule has 1 aromatic heterocycles. The van der Waals surface area contributed by atoms with Gasteiger partial charge in [0, 0.05) is 21.6 Å². The lowest BCUT2D eigenvalue weighted by Gasteiger charge is -2.15. The number of rotatable bonds is 2. The Morgan fingerprint density at radius 3 is 2.94 bits per heavy atom. The van der Waals surface area contributed by atoms with Crippen LogP contribution in [0.2, 0.25) is 0 Å². The normalized spacial score (nSPS) is 13.0. The molecule has 2 N–H and O–H groups in total. The van der Waals surface area contributed by atoms with E-state index >= 15 is 0 Å². The fourth-order valence-electron chi connectivity index (χ4n) is 1.82. The smallest absolute Gasteiger partial charge is 0.103 e. The summed E-state index contributed by atoms with van der Waals surface area (Å²) in [5.41, 5.74) is 2.52. The first-order valence-corrected chi connectivity index (χ1v) is 5.77. The van der Waals surface area contributed by atoms with Gasteiger partial charge in [-0.15, -0.1) is 0 Å². The topological polar surface area (TPSA) is 53.4 Å². The third kappa shape index (κ3) is 1.84. The van der Waals surface area contributed by atoms with Gasteiger partial charge in [0.2, 0.25) is 0 Å². The van der Waals surface area contributed by atoms with E-state index in [4.69, 9.17) is 5.11 Å². The highest BCUT2D eigenvalue weighted by Gasteiger charge is 2.16. The van der Waals surface area contributed by atoms with Gasteiger partial charge in [-0.1, -0.05) is 6.07 Å². The molecule has 3 nitrogen and oxygen atoms in total. The van der Waals surface area contributed by atoms with E-state index < -0.39 is 6.10 Å². The number of nitrogens with zero attached hydrogens (tertiary/aromatic N) is 1. The summed E-state index contributed by atoms with van der Waals surface area (Å²) >= 11 is 3.46. The van der Waals surface area contributed by atoms with Crippen molar-refractivity contribution in [3.63, 3.8) is 0 Å². The summed E-state index contributed by atoms with van der Waals surface area (Å²) in [5, 5.41) is 19.7. The quantitative estimate of drug-likeness (QED) is 0.888. The van der Waals surface area contributed by atoms with Crippen molar-refractivity contribution in [1.29, 1.82) is 0 Å². The highest BCUT2D eigenvalue weighted by atomic mass is 79.9. The van der Waals surface area contributed by atoms with E-state index in [0.717, 1.165) is 26.5 Å². The lowest BCUT2D eigenvalue weighted by molar-refractivity contribution is 0.0947. The second-order valence-electron chi connectivity index (χ2n) is 3.69. The summed E-state index contributed by atoms with van der Waals surface area (Å²) in [5.74, 6) is 0. The van der Waals surface area contributed by atoms with Crippen LogP contribution in [0.1, 0.15) is 17.2 Å². The molecule has 0 spiro atoms. The van der Waals surface area contributed by atoms with Gasteiger partial charge in [0.05, 0.1) is 12.1 Å². The van der Waals surface area contributed by atoms with Crippen LogP contribution in [0.25, 0.3) is 10.9 Å². The van der Waals surface area contributed by atoms with E-state index in [-0.39, 0.29) is 6.61 Å². The number of aryl methyl sites for hydroxylation is 1. The molecule has 2 rings (SSSR count). The molecule has 0 aliphatic rings. The average Bonchev–Trinajstić information content (AvgIpc) is 2.28. The van der Waals surface area contributed by atoms with Crippen molar-refractivity contribution in [3.8, 4) is 0 Å². The molecule has 0 fully saturated rings. The number of fused-ring (bicyclic) bond motifs is 1. The summed E-state index contributed by atoms with van der Waals surface area (Å²) in [7, 11) is 0. The Bertz CT molecular complexity index is 528. The van der Waals surface area contributed by atoms with Gasteiger partial charge >= 0.3 is 0 Å². The summed E-state index contributed by atoms with van der Waals surface area (Å²) < 4.78 is 0.803. The van der Waals surface area contributed by atoms with E-state index in [9.17, 15) is 5.11 Å². The maximum Gasteiger partial charge on any atom is 0.103 e. The van der Waals surface area contributed by atoms with E-state index in [0.29, 0.717) is 0 Å². The molecule has 1 atom stereocenters. The second kappa shape index (κ2) is 4.49. The largest absolute Gasteiger partial charge is 0.393 e. The molecule has 0 aliphatic heterocycles. The molecule has 84 valence electrons. The SMILES string of the molecule is Cc1cc2ncccc2c(Br)c1C(O)CO. The zero-order valence-electron chi connectivity index (χ0n) is 8.81. The van der Waals surface area contributed by atoms with Gasteiger partial charge in [0.15, 0.2) is 0 Å². The number of halogens is 1. The molecule has 16 heavy (non-hydrogen) atoms. The predicted octanol–water partition coefficient (Wildman–Crippen LogP) is 2.33. The Labute approximate surface area is 102 Å². The van der Waals surface area contributed by atoms with E-state index in [1.165, 1.54) is 0 Å². The van der Waals surface area contributed by atoms with Crippen molar-refractivity contribution < 1.29 is 10.2 Å². The van der Waals surface area contributed by atoms with Crippen LogP contribution in [0.5, 0.6) is 0 Å². The number of aliphatic hydroxyl groups is 2. The zero-order valence-corrected chi connectivity index (χ0v) is 10.4. The van der Waals surface area contributed by atoms with Gasteiger partial charge in [-0.3, -0.25) is 4.98 Å². The molecule has 2 aromatic rings.